The van der Waals surface area contributed by atoms with Gasteiger partial charge in [0.1, 0.15) is 10.4 Å². The molecule has 2 aliphatic carbocycles. The summed E-state index contributed by atoms with van der Waals surface area (Å²) in [6.45, 7) is 0. The lowest BCUT2D eigenvalue weighted by Crippen LogP contribution is -2.45. The van der Waals surface area contributed by atoms with E-state index in [1.54, 1.807) is 6.07 Å². The highest BCUT2D eigenvalue weighted by Crippen LogP contribution is 2.29. The third kappa shape index (κ3) is 6.45. The molecule has 1 atom stereocenters. The van der Waals surface area contributed by atoms with Crippen LogP contribution in [0.15, 0.2) is 24.4 Å². The molecule has 1 aromatic heterocycles. The Hall–Kier alpha value is -2.65. The smallest absolute Gasteiger partial charge is 0.254 e. The Bertz CT molecular complexity index is 1030. The summed E-state index contributed by atoms with van der Waals surface area (Å²) in [7, 11) is 0. The Morgan fingerprint density at radius 1 is 1.12 bits per heavy atom. The van der Waals surface area contributed by atoms with Gasteiger partial charge < -0.3 is 21.7 Å². The summed E-state index contributed by atoms with van der Waals surface area (Å²) >= 11 is 7.08. The maximum Gasteiger partial charge on any atom is 0.254 e. The average molecular weight is 490 g/mol. The monoisotopic (exact) mass is 489 g/mol. The average Bonchev–Trinajstić information content (AvgIpc) is 3.52. The lowest BCUT2D eigenvalue weighted by atomic mass is 9.84. The molecule has 1 heterocycles. The lowest BCUT2D eigenvalue weighted by molar-refractivity contribution is -0.118. The first-order valence-electron chi connectivity index (χ1n) is 11.3. The number of nitrogen functional groups attached to an aromatic ring is 1. The topological polar surface area (TPSA) is 126 Å². The van der Waals surface area contributed by atoms with Crippen molar-refractivity contribution in [2.75, 3.05) is 11.1 Å². The van der Waals surface area contributed by atoms with Crippen LogP contribution in [0.3, 0.4) is 0 Å². The second kappa shape index (κ2) is 10.5. The molecule has 1 aromatic carbocycles. The van der Waals surface area contributed by atoms with Crippen LogP contribution in [-0.2, 0) is 4.79 Å². The van der Waals surface area contributed by atoms with E-state index < -0.39 is 11.9 Å². The van der Waals surface area contributed by atoms with Crippen LogP contribution >= 0.6 is 22.9 Å². The Balaban J connectivity index is 1.46. The fourth-order valence-electron chi connectivity index (χ4n) is 4.14. The van der Waals surface area contributed by atoms with Crippen LogP contribution in [0.4, 0.5) is 10.8 Å². The van der Waals surface area contributed by atoms with Crippen LogP contribution in [0, 0.1) is 5.92 Å². The van der Waals surface area contributed by atoms with E-state index in [1.807, 2.05) is 0 Å². The highest BCUT2D eigenvalue weighted by atomic mass is 35.5. The van der Waals surface area contributed by atoms with Gasteiger partial charge >= 0.3 is 0 Å². The number of nitrogens with two attached hydrogens (primary N) is 1. The Morgan fingerprint density at radius 3 is 2.52 bits per heavy atom. The largest absolute Gasteiger partial charge is 0.398 e. The number of carbonyl (C=O) groups excluding carboxylic acids is 3. The molecular formula is C23H28ClN5O3S. The Labute approximate surface area is 201 Å². The third-order valence-electron chi connectivity index (χ3n) is 6.09. The Kier molecular flexibility index (Phi) is 7.49. The number of rotatable bonds is 8. The number of thiazole rings is 1. The summed E-state index contributed by atoms with van der Waals surface area (Å²) in [5, 5.41) is 8.90. The van der Waals surface area contributed by atoms with Crippen LogP contribution in [0.2, 0.25) is 4.34 Å². The van der Waals surface area contributed by atoms with Gasteiger partial charge in [0.25, 0.3) is 11.8 Å². The Morgan fingerprint density at radius 2 is 1.88 bits per heavy atom. The number of hydrogen-bond donors (Lipinski definition) is 4. The van der Waals surface area contributed by atoms with Gasteiger partial charge in [0.05, 0.1) is 11.8 Å². The molecule has 2 aliphatic rings. The molecule has 2 saturated carbocycles. The molecule has 2 aromatic rings. The minimum Gasteiger partial charge on any atom is -0.398 e. The molecule has 10 heteroatoms. The molecule has 0 saturated heterocycles. The van der Waals surface area contributed by atoms with Crippen molar-refractivity contribution in [2.45, 2.75) is 63.5 Å². The second-order valence-electron chi connectivity index (χ2n) is 8.77. The third-order valence-corrected chi connectivity index (χ3v) is 7.12. The molecule has 0 radical (unpaired) electrons. The number of nitrogens with zero attached hydrogens (tertiary/aromatic N) is 1. The van der Waals surface area contributed by atoms with E-state index in [0.717, 1.165) is 49.9 Å². The zero-order chi connectivity index (χ0) is 23.4. The first-order chi connectivity index (χ1) is 15.9. The second-order valence-corrected chi connectivity index (χ2v) is 10.4. The predicted molar refractivity (Wildman–Crippen MR) is 130 cm³/mol. The van der Waals surface area contributed by atoms with Gasteiger partial charge in [-0.15, -0.1) is 0 Å². The summed E-state index contributed by atoms with van der Waals surface area (Å²) in [6, 6.07) is 4.11. The van der Waals surface area contributed by atoms with Crippen molar-refractivity contribution >= 4 is 51.5 Å². The summed E-state index contributed by atoms with van der Waals surface area (Å²) < 4.78 is 0.469. The first kappa shape index (κ1) is 23.5. The van der Waals surface area contributed by atoms with E-state index in [-0.39, 0.29) is 29.1 Å². The van der Waals surface area contributed by atoms with Gasteiger partial charge in [-0.2, -0.15) is 0 Å². The van der Waals surface area contributed by atoms with Crippen molar-refractivity contribution in [3.05, 3.63) is 39.9 Å². The number of carbonyl (C=O) groups is 3. The van der Waals surface area contributed by atoms with Gasteiger partial charge in [0.15, 0.2) is 5.13 Å². The maximum atomic E-state index is 13.0. The predicted octanol–water partition coefficient (Wildman–Crippen LogP) is 3.98. The number of nitrogens with one attached hydrogen (secondary N) is 3. The van der Waals surface area contributed by atoms with Gasteiger partial charge in [-0.05, 0) is 43.4 Å². The highest BCUT2D eigenvalue weighted by Gasteiger charge is 2.28. The zero-order valence-corrected chi connectivity index (χ0v) is 19.8. The van der Waals surface area contributed by atoms with E-state index in [2.05, 4.69) is 20.9 Å². The fraction of sp³-hybridized carbons (Fsp3) is 0.478. The van der Waals surface area contributed by atoms with Crippen molar-refractivity contribution < 1.29 is 14.4 Å². The minimum absolute atomic E-state index is 0.194. The van der Waals surface area contributed by atoms with Crippen LogP contribution in [0.1, 0.15) is 72.1 Å². The fourth-order valence-corrected chi connectivity index (χ4v) is 4.95. The maximum absolute atomic E-state index is 13.0. The van der Waals surface area contributed by atoms with Gasteiger partial charge in [0, 0.05) is 17.3 Å². The van der Waals surface area contributed by atoms with E-state index in [9.17, 15) is 14.4 Å². The van der Waals surface area contributed by atoms with E-state index in [0.29, 0.717) is 27.4 Å². The summed E-state index contributed by atoms with van der Waals surface area (Å²) in [6.07, 6.45) is 9.52. The summed E-state index contributed by atoms with van der Waals surface area (Å²) in [5.41, 5.74) is 6.94. The van der Waals surface area contributed by atoms with Crippen molar-refractivity contribution in [1.29, 1.82) is 0 Å². The standard InChI is InChI=1S/C23H28ClN5O3S/c24-19-12-26-23(33-19)29-22(32)18(10-13-4-2-1-3-5-13)28-21(31)16-9-6-14(11-17(16)25)20(30)27-15-7-8-15/h6,9,11-13,15,18H,1-5,7-8,10,25H2,(H,27,30)(H,28,31)(H,26,29,32). The molecule has 2 fully saturated rings. The molecule has 3 amide bonds. The summed E-state index contributed by atoms with van der Waals surface area (Å²) in [5.74, 6) is -0.623. The number of halogens is 1. The lowest BCUT2D eigenvalue weighted by Gasteiger charge is -2.26. The number of aromatic nitrogens is 1. The van der Waals surface area contributed by atoms with E-state index in [1.165, 1.54) is 24.8 Å². The molecule has 0 aliphatic heterocycles. The van der Waals surface area contributed by atoms with Gasteiger partial charge in [0.2, 0.25) is 5.91 Å². The molecular weight excluding hydrogens is 462 g/mol. The van der Waals surface area contributed by atoms with Gasteiger partial charge in [-0.25, -0.2) is 4.98 Å². The van der Waals surface area contributed by atoms with Gasteiger partial charge in [-0.3, -0.25) is 14.4 Å². The van der Waals surface area contributed by atoms with Crippen LogP contribution in [-0.4, -0.2) is 34.8 Å². The molecule has 4 rings (SSSR count). The minimum atomic E-state index is -0.736. The molecule has 5 N–H and O–H groups in total. The molecule has 0 spiro atoms. The number of benzene rings is 1. The van der Waals surface area contributed by atoms with Crippen LogP contribution in [0.5, 0.6) is 0 Å². The van der Waals surface area contributed by atoms with Crippen molar-refractivity contribution in [3.63, 3.8) is 0 Å². The van der Waals surface area contributed by atoms with Crippen molar-refractivity contribution in [1.82, 2.24) is 15.6 Å². The number of anilines is 2. The van der Waals surface area contributed by atoms with Gasteiger partial charge in [-0.1, -0.05) is 55.0 Å². The molecule has 8 nitrogen and oxygen atoms in total. The SMILES string of the molecule is Nc1cc(C(=O)NC2CC2)ccc1C(=O)NC(CC1CCCCC1)C(=O)Nc1ncc(Cl)s1. The molecule has 33 heavy (non-hydrogen) atoms. The van der Waals surface area contributed by atoms with Crippen LogP contribution < -0.4 is 21.7 Å². The normalized spacial score (nSPS) is 17.2. The first-order valence-corrected chi connectivity index (χ1v) is 12.5. The summed E-state index contributed by atoms with van der Waals surface area (Å²) in [4.78, 5) is 42.4. The molecule has 176 valence electrons. The van der Waals surface area contributed by atoms with Crippen molar-refractivity contribution in [3.8, 4) is 0 Å². The van der Waals surface area contributed by atoms with Crippen molar-refractivity contribution in [2.24, 2.45) is 5.92 Å². The molecule has 1 unspecified atom stereocenters. The number of amides is 3. The van der Waals surface area contributed by atoms with E-state index >= 15 is 0 Å². The zero-order valence-electron chi connectivity index (χ0n) is 18.2. The van der Waals surface area contributed by atoms with Crippen LogP contribution in [0.25, 0.3) is 0 Å². The number of hydrogen-bond acceptors (Lipinski definition) is 6. The van der Waals surface area contributed by atoms with E-state index in [4.69, 9.17) is 17.3 Å². The quantitative estimate of drug-likeness (QED) is 0.417. The molecule has 0 bridgehead atoms. The highest BCUT2D eigenvalue weighted by molar-refractivity contribution is 7.19.